The van der Waals surface area contributed by atoms with E-state index in [-0.39, 0.29) is 5.82 Å². The van der Waals surface area contributed by atoms with Gasteiger partial charge in [-0.2, -0.15) is 0 Å². The molecule has 0 aromatic heterocycles. The van der Waals surface area contributed by atoms with Crippen LogP contribution in [-0.2, 0) is 6.42 Å². The minimum Gasteiger partial charge on any atom is -0.256 e. The third kappa shape index (κ3) is 3.25. The summed E-state index contributed by atoms with van der Waals surface area (Å²) in [5, 5.41) is 0. The van der Waals surface area contributed by atoms with Gasteiger partial charge in [0.2, 0.25) is 0 Å². The summed E-state index contributed by atoms with van der Waals surface area (Å²) in [5.74, 6) is -0.240. The quantitative estimate of drug-likeness (QED) is 0.699. The van der Waals surface area contributed by atoms with E-state index < -0.39 is 0 Å². The van der Waals surface area contributed by atoms with E-state index in [1.54, 1.807) is 18.3 Å². The second kappa shape index (κ2) is 5.39. The zero-order valence-corrected chi connectivity index (χ0v) is 9.73. The van der Waals surface area contributed by atoms with Crippen molar-refractivity contribution in [2.45, 2.75) is 13.3 Å². The summed E-state index contributed by atoms with van der Waals surface area (Å²) in [6.07, 6.45) is 2.82. The molecule has 2 aromatic rings. The van der Waals surface area contributed by atoms with E-state index in [0.717, 1.165) is 17.7 Å². The summed E-state index contributed by atoms with van der Waals surface area (Å²) in [4.78, 5) is 4.28. The summed E-state index contributed by atoms with van der Waals surface area (Å²) in [7, 11) is 0. The molecule has 0 atom stereocenters. The molecule has 0 spiro atoms. The van der Waals surface area contributed by atoms with Gasteiger partial charge in [0.1, 0.15) is 5.82 Å². The van der Waals surface area contributed by atoms with E-state index >= 15 is 0 Å². The highest BCUT2D eigenvalue weighted by molar-refractivity contribution is 5.81. The monoisotopic (exact) mass is 227 g/mol. The van der Waals surface area contributed by atoms with Crippen LogP contribution in [0.1, 0.15) is 18.1 Å². The summed E-state index contributed by atoms with van der Waals surface area (Å²) >= 11 is 0. The van der Waals surface area contributed by atoms with Crippen molar-refractivity contribution in [3.63, 3.8) is 0 Å². The van der Waals surface area contributed by atoms with Crippen LogP contribution in [0.15, 0.2) is 53.5 Å². The van der Waals surface area contributed by atoms with Gasteiger partial charge in [0.15, 0.2) is 0 Å². The first-order chi connectivity index (χ1) is 8.28. The van der Waals surface area contributed by atoms with Crippen LogP contribution in [0.25, 0.3) is 0 Å². The van der Waals surface area contributed by atoms with Gasteiger partial charge in [0.05, 0.1) is 5.69 Å². The second-order valence-electron chi connectivity index (χ2n) is 3.83. The summed E-state index contributed by atoms with van der Waals surface area (Å²) < 4.78 is 12.7. The lowest BCUT2D eigenvalue weighted by Gasteiger charge is -1.97. The Labute approximate surface area is 101 Å². The van der Waals surface area contributed by atoms with Gasteiger partial charge in [0, 0.05) is 6.21 Å². The average Bonchev–Trinajstić information content (AvgIpc) is 2.39. The molecule has 0 radical (unpaired) electrons. The topological polar surface area (TPSA) is 12.4 Å². The molecule has 0 aliphatic carbocycles. The fourth-order valence-corrected chi connectivity index (χ4v) is 1.52. The molecular formula is C15H14FN. The van der Waals surface area contributed by atoms with Crippen LogP contribution in [0, 0.1) is 5.82 Å². The Morgan fingerprint density at radius 3 is 2.24 bits per heavy atom. The van der Waals surface area contributed by atoms with Crippen molar-refractivity contribution < 1.29 is 4.39 Å². The first-order valence-electron chi connectivity index (χ1n) is 5.66. The maximum absolute atomic E-state index is 12.7. The summed E-state index contributed by atoms with van der Waals surface area (Å²) in [6, 6.07) is 14.4. The Kier molecular flexibility index (Phi) is 3.66. The lowest BCUT2D eigenvalue weighted by molar-refractivity contribution is 0.628. The summed E-state index contributed by atoms with van der Waals surface area (Å²) in [6.45, 7) is 2.13. The number of nitrogens with zero attached hydrogens (tertiary/aromatic N) is 1. The lowest BCUT2D eigenvalue weighted by atomic mass is 10.1. The fraction of sp³-hybridized carbons (Fsp3) is 0.133. The third-order valence-electron chi connectivity index (χ3n) is 2.58. The lowest BCUT2D eigenvalue weighted by Crippen LogP contribution is -1.83. The normalized spacial score (nSPS) is 10.9. The number of aryl methyl sites for hydroxylation is 1. The molecule has 0 fully saturated rings. The van der Waals surface area contributed by atoms with E-state index in [1.165, 1.54) is 17.7 Å². The molecule has 86 valence electrons. The Morgan fingerprint density at radius 1 is 1.00 bits per heavy atom. The molecule has 2 heteroatoms. The predicted octanol–water partition coefficient (Wildman–Crippen LogP) is 4.14. The van der Waals surface area contributed by atoms with Crippen LogP contribution in [-0.4, -0.2) is 6.21 Å². The standard InChI is InChI=1S/C15H14FN/c1-2-12-3-5-13(6-4-12)11-17-15-9-7-14(16)8-10-15/h3-11H,2H2,1H3. The van der Waals surface area contributed by atoms with Gasteiger partial charge in [-0.1, -0.05) is 31.2 Å². The van der Waals surface area contributed by atoms with Crippen LogP contribution in [0.5, 0.6) is 0 Å². The maximum Gasteiger partial charge on any atom is 0.123 e. The molecule has 0 saturated carbocycles. The number of halogens is 1. The van der Waals surface area contributed by atoms with Crippen molar-refractivity contribution in [1.29, 1.82) is 0 Å². The number of hydrogen-bond donors (Lipinski definition) is 0. The van der Waals surface area contributed by atoms with Gasteiger partial charge in [-0.3, -0.25) is 4.99 Å². The highest BCUT2D eigenvalue weighted by Gasteiger charge is 1.92. The first kappa shape index (κ1) is 11.5. The zero-order chi connectivity index (χ0) is 12.1. The van der Waals surface area contributed by atoms with Crippen LogP contribution in [0.4, 0.5) is 10.1 Å². The van der Waals surface area contributed by atoms with E-state index in [0.29, 0.717) is 0 Å². The molecule has 0 aliphatic rings. The highest BCUT2D eigenvalue weighted by atomic mass is 19.1. The van der Waals surface area contributed by atoms with Gasteiger partial charge in [-0.15, -0.1) is 0 Å². The molecule has 0 unspecified atom stereocenters. The Bertz CT molecular complexity index is 497. The summed E-state index contributed by atoms with van der Waals surface area (Å²) in [5.41, 5.74) is 3.11. The molecule has 0 saturated heterocycles. The Balaban J connectivity index is 2.11. The molecule has 17 heavy (non-hydrogen) atoms. The molecule has 0 bridgehead atoms. The zero-order valence-electron chi connectivity index (χ0n) is 9.73. The fourth-order valence-electron chi connectivity index (χ4n) is 1.52. The molecule has 0 heterocycles. The van der Waals surface area contributed by atoms with Gasteiger partial charge >= 0.3 is 0 Å². The predicted molar refractivity (Wildman–Crippen MR) is 69.5 cm³/mol. The largest absolute Gasteiger partial charge is 0.256 e. The van der Waals surface area contributed by atoms with Crippen molar-refractivity contribution in [1.82, 2.24) is 0 Å². The average molecular weight is 227 g/mol. The maximum atomic E-state index is 12.7. The molecule has 2 rings (SSSR count). The highest BCUT2D eigenvalue weighted by Crippen LogP contribution is 2.12. The van der Waals surface area contributed by atoms with E-state index in [4.69, 9.17) is 0 Å². The third-order valence-corrected chi connectivity index (χ3v) is 2.58. The van der Waals surface area contributed by atoms with Gasteiger partial charge in [0.25, 0.3) is 0 Å². The molecule has 0 amide bonds. The van der Waals surface area contributed by atoms with E-state index in [2.05, 4.69) is 24.0 Å². The Hall–Kier alpha value is -1.96. The van der Waals surface area contributed by atoms with Gasteiger partial charge < -0.3 is 0 Å². The van der Waals surface area contributed by atoms with Crippen LogP contribution >= 0.6 is 0 Å². The number of aliphatic imine (C=N–C) groups is 1. The molecule has 2 aromatic carbocycles. The SMILES string of the molecule is CCc1ccc(C=Nc2ccc(F)cc2)cc1. The van der Waals surface area contributed by atoms with E-state index in [1.807, 2.05) is 12.1 Å². The number of benzene rings is 2. The van der Waals surface area contributed by atoms with Crippen LogP contribution in [0.3, 0.4) is 0 Å². The molecule has 0 N–H and O–H groups in total. The molecule has 1 nitrogen and oxygen atoms in total. The van der Waals surface area contributed by atoms with Crippen LogP contribution in [0.2, 0.25) is 0 Å². The van der Waals surface area contributed by atoms with Gasteiger partial charge in [-0.05, 0) is 41.8 Å². The Morgan fingerprint density at radius 2 is 1.65 bits per heavy atom. The number of rotatable bonds is 3. The van der Waals surface area contributed by atoms with Crippen molar-refractivity contribution in [3.05, 3.63) is 65.5 Å². The van der Waals surface area contributed by atoms with E-state index in [9.17, 15) is 4.39 Å². The van der Waals surface area contributed by atoms with Crippen molar-refractivity contribution in [2.24, 2.45) is 4.99 Å². The first-order valence-corrected chi connectivity index (χ1v) is 5.66. The second-order valence-corrected chi connectivity index (χ2v) is 3.83. The van der Waals surface area contributed by atoms with Crippen molar-refractivity contribution in [3.8, 4) is 0 Å². The van der Waals surface area contributed by atoms with Crippen LogP contribution < -0.4 is 0 Å². The van der Waals surface area contributed by atoms with Crippen molar-refractivity contribution >= 4 is 11.9 Å². The van der Waals surface area contributed by atoms with Gasteiger partial charge in [-0.25, -0.2) is 4.39 Å². The molecule has 0 aliphatic heterocycles. The number of hydrogen-bond acceptors (Lipinski definition) is 1. The van der Waals surface area contributed by atoms with Crippen molar-refractivity contribution in [2.75, 3.05) is 0 Å². The minimum absolute atomic E-state index is 0.240. The smallest absolute Gasteiger partial charge is 0.123 e. The molecular weight excluding hydrogens is 213 g/mol. The minimum atomic E-state index is -0.240.